The molecule has 0 atom stereocenters. The molecule has 0 aliphatic rings. The van der Waals surface area contributed by atoms with Gasteiger partial charge in [-0.2, -0.15) is 0 Å². The molecule has 5 heteroatoms. The Balaban J connectivity index is 1.47. The molecule has 0 aromatic heterocycles. The second-order valence-corrected chi connectivity index (χ2v) is 8.19. The maximum absolute atomic E-state index is 14.6. The van der Waals surface area contributed by atoms with Crippen molar-refractivity contribution in [1.29, 1.82) is 0 Å². The number of unbranched alkanes of at least 4 members (excludes halogenated alkanes) is 2. The van der Waals surface area contributed by atoms with E-state index in [1.54, 1.807) is 24.3 Å². The molecule has 0 aliphatic heterocycles. The van der Waals surface area contributed by atoms with Gasteiger partial charge in [-0.15, -0.1) is 0 Å². The van der Waals surface area contributed by atoms with Crippen LogP contribution in [0, 0.1) is 47.0 Å². The Morgan fingerprint density at radius 1 is 0.639 bits per heavy atom. The van der Waals surface area contributed by atoms with Gasteiger partial charge in [0.2, 0.25) is 0 Å². The van der Waals surface area contributed by atoms with Gasteiger partial charge in [-0.25, -0.2) is 17.6 Å². The molecule has 4 aromatic rings. The van der Waals surface area contributed by atoms with Crippen molar-refractivity contribution in [2.45, 2.75) is 26.2 Å². The van der Waals surface area contributed by atoms with Gasteiger partial charge in [0.15, 0.2) is 11.6 Å². The van der Waals surface area contributed by atoms with Crippen molar-refractivity contribution in [1.82, 2.24) is 0 Å². The summed E-state index contributed by atoms with van der Waals surface area (Å²) >= 11 is 0. The number of ether oxygens (including phenoxy) is 1. The third-order valence-electron chi connectivity index (χ3n) is 5.52. The van der Waals surface area contributed by atoms with Gasteiger partial charge in [0.1, 0.15) is 17.4 Å². The lowest BCUT2D eigenvalue weighted by molar-refractivity contribution is 0.305. The van der Waals surface area contributed by atoms with Crippen LogP contribution < -0.4 is 4.74 Å². The van der Waals surface area contributed by atoms with E-state index in [1.807, 2.05) is 0 Å². The lowest BCUT2D eigenvalue weighted by Crippen LogP contribution is -1.97. The van der Waals surface area contributed by atoms with Crippen molar-refractivity contribution in [3.63, 3.8) is 0 Å². The summed E-state index contributed by atoms with van der Waals surface area (Å²) in [4.78, 5) is 0. The molecular weight excluding hydrogens is 464 g/mol. The van der Waals surface area contributed by atoms with E-state index in [1.165, 1.54) is 36.4 Å². The molecular formula is C31H22F4O. The van der Waals surface area contributed by atoms with E-state index in [9.17, 15) is 17.6 Å². The number of rotatable bonds is 5. The summed E-state index contributed by atoms with van der Waals surface area (Å²) in [6.07, 6.45) is 3.05. The molecule has 180 valence electrons. The maximum Gasteiger partial charge on any atom is 0.166 e. The summed E-state index contributed by atoms with van der Waals surface area (Å²) in [5, 5.41) is 0.648. The second-order valence-electron chi connectivity index (χ2n) is 8.19. The molecule has 0 unspecified atom stereocenters. The van der Waals surface area contributed by atoms with Gasteiger partial charge in [-0.1, -0.05) is 55.6 Å². The molecule has 0 amide bonds. The van der Waals surface area contributed by atoms with Gasteiger partial charge in [-0.3, -0.25) is 0 Å². The van der Waals surface area contributed by atoms with Crippen molar-refractivity contribution in [3.8, 4) is 29.4 Å². The summed E-state index contributed by atoms with van der Waals surface area (Å²) in [6, 6.07) is 15.9. The van der Waals surface area contributed by atoms with Gasteiger partial charge < -0.3 is 4.74 Å². The van der Waals surface area contributed by atoms with Crippen molar-refractivity contribution >= 4 is 10.8 Å². The quantitative estimate of drug-likeness (QED) is 0.159. The summed E-state index contributed by atoms with van der Waals surface area (Å²) in [5.74, 6) is 8.62. The Bertz CT molecular complexity index is 1530. The zero-order chi connectivity index (χ0) is 25.5. The molecule has 4 rings (SSSR count). The first kappa shape index (κ1) is 24.9. The molecule has 0 saturated heterocycles. The highest BCUT2D eigenvalue weighted by Crippen LogP contribution is 2.22. The Hall–Kier alpha value is -4.22. The van der Waals surface area contributed by atoms with E-state index in [4.69, 9.17) is 4.74 Å². The third kappa shape index (κ3) is 6.06. The SMILES string of the molecule is CCCCCOc1ccc(C#Cc2ccc(C#Cc3ccc4c(F)c(F)ccc4c3)c(F)c2)c(F)c1. The standard InChI is InChI=1S/C31H22F4O/c1-2-3-4-17-36-26-14-12-24(30(34)20-26)11-7-22-6-10-23(29(33)19-22)9-5-21-8-15-27-25(18-21)13-16-28(32)31(27)35/h6,8,10,12-16,18-20H,2-4,17H2,1H3. The van der Waals surface area contributed by atoms with Crippen LogP contribution in [0.25, 0.3) is 10.8 Å². The van der Waals surface area contributed by atoms with Gasteiger partial charge in [0.05, 0.1) is 17.7 Å². The normalized spacial score (nSPS) is 10.4. The van der Waals surface area contributed by atoms with Crippen LogP contribution >= 0.6 is 0 Å². The number of benzene rings is 4. The third-order valence-corrected chi connectivity index (χ3v) is 5.52. The highest BCUT2D eigenvalue weighted by Gasteiger charge is 2.07. The van der Waals surface area contributed by atoms with Crippen molar-refractivity contribution in [2.24, 2.45) is 0 Å². The topological polar surface area (TPSA) is 9.23 Å². The Labute approximate surface area is 207 Å². The second kappa shape index (κ2) is 11.5. The van der Waals surface area contributed by atoms with Crippen LogP contribution in [0.15, 0.2) is 66.7 Å². The van der Waals surface area contributed by atoms with Crippen LogP contribution in [-0.4, -0.2) is 6.61 Å². The van der Waals surface area contributed by atoms with E-state index < -0.39 is 23.3 Å². The minimum absolute atomic E-state index is 0.153. The van der Waals surface area contributed by atoms with Crippen LogP contribution in [0.1, 0.15) is 48.4 Å². The summed E-state index contributed by atoms with van der Waals surface area (Å²) in [5.41, 5.74) is 1.25. The Kier molecular flexibility index (Phi) is 7.93. The molecule has 1 nitrogen and oxygen atoms in total. The predicted octanol–water partition coefficient (Wildman–Crippen LogP) is 7.76. The van der Waals surface area contributed by atoms with Crippen LogP contribution in [0.5, 0.6) is 5.75 Å². The van der Waals surface area contributed by atoms with E-state index in [0.717, 1.165) is 25.3 Å². The average molecular weight is 487 g/mol. The fourth-order valence-corrected chi connectivity index (χ4v) is 3.55. The van der Waals surface area contributed by atoms with Crippen molar-refractivity contribution < 1.29 is 22.3 Å². The van der Waals surface area contributed by atoms with Crippen LogP contribution in [0.4, 0.5) is 17.6 Å². The molecule has 0 saturated carbocycles. The maximum atomic E-state index is 14.6. The smallest absolute Gasteiger partial charge is 0.166 e. The molecule has 0 heterocycles. The number of halogens is 4. The molecule has 0 fully saturated rings. The van der Waals surface area contributed by atoms with E-state index in [0.29, 0.717) is 28.9 Å². The molecule has 4 aromatic carbocycles. The average Bonchev–Trinajstić information content (AvgIpc) is 2.88. The van der Waals surface area contributed by atoms with Gasteiger partial charge in [0.25, 0.3) is 0 Å². The van der Waals surface area contributed by atoms with Crippen molar-refractivity contribution in [3.05, 3.63) is 112 Å². The first-order chi connectivity index (χ1) is 17.4. The highest BCUT2D eigenvalue weighted by atomic mass is 19.2. The predicted molar refractivity (Wildman–Crippen MR) is 134 cm³/mol. The highest BCUT2D eigenvalue weighted by molar-refractivity contribution is 5.84. The number of hydrogen-bond acceptors (Lipinski definition) is 1. The zero-order valence-electron chi connectivity index (χ0n) is 19.6. The lowest BCUT2D eigenvalue weighted by Gasteiger charge is -2.06. The fraction of sp³-hybridized carbons (Fsp3) is 0.161. The van der Waals surface area contributed by atoms with E-state index in [2.05, 4.69) is 30.6 Å². The molecule has 0 aliphatic carbocycles. The molecule has 0 N–H and O–H groups in total. The minimum Gasteiger partial charge on any atom is -0.493 e. The van der Waals surface area contributed by atoms with Crippen molar-refractivity contribution in [2.75, 3.05) is 6.61 Å². The molecule has 0 bridgehead atoms. The monoisotopic (exact) mass is 486 g/mol. The fourth-order valence-electron chi connectivity index (χ4n) is 3.55. The number of hydrogen-bond donors (Lipinski definition) is 0. The number of fused-ring (bicyclic) bond motifs is 1. The zero-order valence-corrected chi connectivity index (χ0v) is 19.6. The molecule has 36 heavy (non-hydrogen) atoms. The van der Waals surface area contributed by atoms with Gasteiger partial charge in [0, 0.05) is 22.6 Å². The van der Waals surface area contributed by atoms with Gasteiger partial charge in [-0.05, 0) is 60.3 Å². The lowest BCUT2D eigenvalue weighted by atomic mass is 10.1. The summed E-state index contributed by atoms with van der Waals surface area (Å²) in [7, 11) is 0. The first-order valence-electron chi connectivity index (χ1n) is 11.6. The summed E-state index contributed by atoms with van der Waals surface area (Å²) in [6.45, 7) is 2.63. The Morgan fingerprint density at radius 3 is 2.00 bits per heavy atom. The summed E-state index contributed by atoms with van der Waals surface area (Å²) < 4.78 is 61.7. The molecule has 0 radical (unpaired) electrons. The molecule has 0 spiro atoms. The minimum atomic E-state index is -0.918. The Morgan fingerprint density at radius 2 is 1.31 bits per heavy atom. The first-order valence-corrected chi connectivity index (χ1v) is 11.6. The van der Waals surface area contributed by atoms with Gasteiger partial charge >= 0.3 is 0 Å². The van der Waals surface area contributed by atoms with Crippen LogP contribution in [0.3, 0.4) is 0 Å². The largest absolute Gasteiger partial charge is 0.493 e. The van der Waals surface area contributed by atoms with Crippen LogP contribution in [-0.2, 0) is 0 Å². The van der Waals surface area contributed by atoms with E-state index in [-0.39, 0.29) is 16.5 Å². The van der Waals surface area contributed by atoms with E-state index >= 15 is 0 Å². The van der Waals surface area contributed by atoms with Crippen LogP contribution in [0.2, 0.25) is 0 Å².